The fourth-order valence-corrected chi connectivity index (χ4v) is 3.65. The largest absolute Gasteiger partial charge is 0.486 e. The molecular formula is C20H20N4O3S. The molecule has 0 bridgehead atoms. The van der Waals surface area contributed by atoms with Gasteiger partial charge in [0.2, 0.25) is 5.16 Å². The zero-order valence-corrected chi connectivity index (χ0v) is 16.5. The molecule has 4 rings (SSSR count). The second-order valence-corrected chi connectivity index (χ2v) is 7.63. The monoisotopic (exact) mass is 396 g/mol. The molecule has 0 aliphatic carbocycles. The first-order chi connectivity index (χ1) is 13.6. The predicted octanol–water partition coefficient (Wildman–Crippen LogP) is 3.53. The van der Waals surface area contributed by atoms with Crippen molar-refractivity contribution in [3.63, 3.8) is 0 Å². The van der Waals surface area contributed by atoms with Crippen LogP contribution < -0.4 is 9.47 Å². The number of aromatic nitrogens is 4. The number of tetrazole rings is 1. The Balaban J connectivity index is 1.46. The summed E-state index contributed by atoms with van der Waals surface area (Å²) in [4.78, 5) is 12.6. The number of hydrogen-bond acceptors (Lipinski definition) is 7. The molecule has 0 saturated carbocycles. The smallest absolute Gasteiger partial charge is 0.214 e. The SMILES string of the molecule is CC(C)c1ccc(-n2nnnc2SCC(=O)c2ccc3c(c2)OCCO3)cc1. The molecule has 1 aromatic heterocycles. The highest BCUT2D eigenvalue weighted by Crippen LogP contribution is 2.31. The van der Waals surface area contributed by atoms with Gasteiger partial charge in [-0.3, -0.25) is 4.79 Å². The van der Waals surface area contributed by atoms with Crippen molar-refractivity contribution in [1.29, 1.82) is 0 Å². The molecule has 8 heteroatoms. The van der Waals surface area contributed by atoms with Crippen molar-refractivity contribution in [2.45, 2.75) is 24.9 Å². The third-order valence-corrected chi connectivity index (χ3v) is 5.36. The van der Waals surface area contributed by atoms with Crippen LogP contribution in [0.3, 0.4) is 0 Å². The molecule has 0 saturated heterocycles. The van der Waals surface area contributed by atoms with E-state index in [0.29, 0.717) is 41.4 Å². The van der Waals surface area contributed by atoms with E-state index in [1.807, 2.05) is 12.1 Å². The van der Waals surface area contributed by atoms with E-state index in [2.05, 4.69) is 41.5 Å². The van der Waals surface area contributed by atoms with Crippen molar-refractivity contribution >= 4 is 17.5 Å². The Bertz CT molecular complexity index is 985. The minimum atomic E-state index is -0.0216. The Morgan fingerprint density at radius 3 is 2.61 bits per heavy atom. The quantitative estimate of drug-likeness (QED) is 0.466. The number of ether oxygens (including phenoxy) is 2. The second kappa shape index (κ2) is 8.02. The van der Waals surface area contributed by atoms with E-state index in [1.54, 1.807) is 22.9 Å². The van der Waals surface area contributed by atoms with Gasteiger partial charge in [-0.2, -0.15) is 4.68 Å². The molecule has 0 radical (unpaired) electrons. The summed E-state index contributed by atoms with van der Waals surface area (Å²) >= 11 is 1.30. The van der Waals surface area contributed by atoms with Crippen LogP contribution in [0.4, 0.5) is 0 Å². The van der Waals surface area contributed by atoms with Crippen molar-refractivity contribution < 1.29 is 14.3 Å². The molecule has 0 unspecified atom stereocenters. The van der Waals surface area contributed by atoms with E-state index in [1.165, 1.54) is 17.3 Å². The van der Waals surface area contributed by atoms with Gasteiger partial charge < -0.3 is 9.47 Å². The first kappa shape index (κ1) is 18.5. The molecule has 0 atom stereocenters. The van der Waals surface area contributed by atoms with Crippen molar-refractivity contribution in [1.82, 2.24) is 20.2 Å². The van der Waals surface area contributed by atoms with Gasteiger partial charge in [-0.1, -0.05) is 37.7 Å². The lowest BCUT2D eigenvalue weighted by molar-refractivity contribution is 0.102. The fraction of sp³-hybridized carbons (Fsp3) is 0.300. The van der Waals surface area contributed by atoms with E-state index in [9.17, 15) is 4.79 Å². The summed E-state index contributed by atoms with van der Waals surface area (Å²) < 4.78 is 12.7. The maximum absolute atomic E-state index is 12.6. The van der Waals surface area contributed by atoms with E-state index in [-0.39, 0.29) is 11.5 Å². The second-order valence-electron chi connectivity index (χ2n) is 6.69. The van der Waals surface area contributed by atoms with Gasteiger partial charge in [0, 0.05) is 5.56 Å². The summed E-state index contributed by atoms with van der Waals surface area (Å²) in [5.41, 5.74) is 2.69. The van der Waals surface area contributed by atoms with Crippen LogP contribution in [0, 0.1) is 0 Å². The number of Topliss-reactive ketones (excluding diaryl/α,β-unsaturated/α-hetero) is 1. The Morgan fingerprint density at radius 2 is 1.86 bits per heavy atom. The average Bonchev–Trinajstić information content (AvgIpc) is 3.20. The molecule has 1 aliphatic heterocycles. The molecule has 2 aromatic carbocycles. The van der Waals surface area contributed by atoms with Crippen LogP contribution in [-0.4, -0.2) is 45.0 Å². The number of fused-ring (bicyclic) bond motifs is 1. The van der Waals surface area contributed by atoms with Crippen LogP contribution >= 0.6 is 11.8 Å². The Hall–Kier alpha value is -2.87. The molecule has 0 fully saturated rings. The van der Waals surface area contributed by atoms with E-state index in [4.69, 9.17) is 9.47 Å². The molecule has 0 N–H and O–H groups in total. The number of nitrogens with zero attached hydrogens (tertiary/aromatic N) is 4. The lowest BCUT2D eigenvalue weighted by Crippen LogP contribution is -2.16. The molecule has 1 aliphatic rings. The van der Waals surface area contributed by atoms with Crippen LogP contribution in [0.5, 0.6) is 11.5 Å². The zero-order chi connectivity index (χ0) is 19.5. The summed E-state index contributed by atoms with van der Waals surface area (Å²) in [6.07, 6.45) is 0. The molecule has 3 aromatic rings. The van der Waals surface area contributed by atoms with Crippen LogP contribution in [0.2, 0.25) is 0 Å². The number of benzene rings is 2. The molecule has 0 amide bonds. The maximum Gasteiger partial charge on any atom is 0.214 e. The lowest BCUT2D eigenvalue weighted by atomic mass is 10.0. The standard InChI is InChI=1S/C20H20N4O3S/c1-13(2)14-3-6-16(7-4-14)24-20(21-22-23-24)28-12-17(25)15-5-8-18-19(11-15)27-10-9-26-18/h3-8,11,13H,9-10,12H2,1-2H3. The van der Waals surface area contributed by atoms with Crippen LogP contribution in [0.1, 0.15) is 35.7 Å². The highest BCUT2D eigenvalue weighted by atomic mass is 32.2. The van der Waals surface area contributed by atoms with Gasteiger partial charge in [-0.05, 0) is 52.2 Å². The minimum absolute atomic E-state index is 0.0216. The molecule has 144 valence electrons. The Labute approximate surface area is 167 Å². The number of rotatable bonds is 6. The number of ketones is 1. The fourth-order valence-electron chi connectivity index (χ4n) is 2.86. The predicted molar refractivity (Wildman–Crippen MR) is 106 cm³/mol. The lowest BCUT2D eigenvalue weighted by Gasteiger charge is -2.18. The van der Waals surface area contributed by atoms with Crippen LogP contribution in [-0.2, 0) is 0 Å². The maximum atomic E-state index is 12.6. The van der Waals surface area contributed by atoms with Gasteiger partial charge in [0.05, 0.1) is 11.4 Å². The van der Waals surface area contributed by atoms with Crippen LogP contribution in [0.15, 0.2) is 47.6 Å². The molecule has 7 nitrogen and oxygen atoms in total. The number of thioether (sulfide) groups is 1. The Kier molecular flexibility index (Phi) is 5.29. The summed E-state index contributed by atoms with van der Waals surface area (Å²) in [5, 5.41) is 12.4. The minimum Gasteiger partial charge on any atom is -0.486 e. The van der Waals surface area contributed by atoms with Crippen molar-refractivity contribution in [3.8, 4) is 17.2 Å². The summed E-state index contributed by atoms with van der Waals surface area (Å²) in [6, 6.07) is 13.4. The highest BCUT2D eigenvalue weighted by molar-refractivity contribution is 7.99. The topological polar surface area (TPSA) is 79.1 Å². The molecule has 2 heterocycles. The normalized spacial score (nSPS) is 13.0. The van der Waals surface area contributed by atoms with Gasteiger partial charge >= 0.3 is 0 Å². The van der Waals surface area contributed by atoms with Gasteiger partial charge in [0.15, 0.2) is 17.3 Å². The van der Waals surface area contributed by atoms with E-state index in [0.717, 1.165) is 5.69 Å². The van der Waals surface area contributed by atoms with Gasteiger partial charge in [-0.15, -0.1) is 5.10 Å². The summed E-state index contributed by atoms with van der Waals surface area (Å²) in [5.74, 6) is 1.94. The highest BCUT2D eigenvalue weighted by Gasteiger charge is 2.17. The average molecular weight is 396 g/mol. The van der Waals surface area contributed by atoms with Gasteiger partial charge in [0.25, 0.3) is 0 Å². The van der Waals surface area contributed by atoms with Crippen molar-refractivity contribution in [3.05, 3.63) is 53.6 Å². The molecule has 28 heavy (non-hydrogen) atoms. The van der Waals surface area contributed by atoms with Crippen LogP contribution in [0.25, 0.3) is 5.69 Å². The Morgan fingerprint density at radius 1 is 1.11 bits per heavy atom. The zero-order valence-electron chi connectivity index (χ0n) is 15.7. The number of hydrogen-bond donors (Lipinski definition) is 0. The number of carbonyl (C=O) groups is 1. The van der Waals surface area contributed by atoms with Gasteiger partial charge in [0.1, 0.15) is 13.2 Å². The first-order valence-electron chi connectivity index (χ1n) is 9.06. The third kappa shape index (κ3) is 3.87. The number of carbonyl (C=O) groups excluding carboxylic acids is 1. The third-order valence-electron chi connectivity index (χ3n) is 4.44. The van der Waals surface area contributed by atoms with Crippen molar-refractivity contribution in [2.75, 3.05) is 19.0 Å². The molecular weight excluding hydrogens is 376 g/mol. The summed E-state index contributed by atoms with van der Waals surface area (Å²) in [7, 11) is 0. The first-order valence-corrected chi connectivity index (χ1v) is 10.0. The van der Waals surface area contributed by atoms with E-state index < -0.39 is 0 Å². The summed E-state index contributed by atoms with van der Waals surface area (Å²) in [6.45, 7) is 5.31. The van der Waals surface area contributed by atoms with E-state index >= 15 is 0 Å². The molecule has 0 spiro atoms. The van der Waals surface area contributed by atoms with Crippen molar-refractivity contribution in [2.24, 2.45) is 0 Å². The van der Waals surface area contributed by atoms with Gasteiger partial charge in [-0.25, -0.2) is 0 Å².